The predicted octanol–water partition coefficient (Wildman–Crippen LogP) is 5.99. The molecule has 0 unspecified atom stereocenters. The van der Waals surface area contributed by atoms with Gasteiger partial charge in [0, 0.05) is 16.8 Å². The number of aryl methyl sites for hydroxylation is 1. The van der Waals surface area contributed by atoms with Crippen LogP contribution in [0.15, 0.2) is 36.5 Å². The lowest BCUT2D eigenvalue weighted by molar-refractivity contribution is -0.351. The average molecular weight is 696 g/mol. The molecule has 0 bridgehead atoms. The zero-order valence-corrected chi connectivity index (χ0v) is 25.5. The van der Waals surface area contributed by atoms with Gasteiger partial charge in [0.25, 0.3) is 11.8 Å². The SMILES string of the molecule is Cc1cc(Cl)cc(C(=O)NC(C)(C)C)c1NC(=O)c1cc(Cn2nnc(C(F)(C(F)(F)F)C(F)(F)F)n2)nn1-c1ncccc1Cl. The van der Waals surface area contributed by atoms with Gasteiger partial charge in [0.2, 0.25) is 5.82 Å². The number of hydrogen-bond donors (Lipinski definition) is 2. The van der Waals surface area contributed by atoms with Crippen molar-refractivity contribution in [2.75, 3.05) is 5.32 Å². The van der Waals surface area contributed by atoms with Crippen LogP contribution in [0.5, 0.6) is 0 Å². The summed E-state index contributed by atoms with van der Waals surface area (Å²) in [7, 11) is 0. The molecule has 46 heavy (non-hydrogen) atoms. The first kappa shape index (κ1) is 34.6. The number of alkyl halides is 7. The second-order valence-corrected chi connectivity index (χ2v) is 11.7. The smallest absolute Gasteiger partial charge is 0.347 e. The highest BCUT2D eigenvalue weighted by Crippen LogP contribution is 2.51. The van der Waals surface area contributed by atoms with Crippen molar-refractivity contribution in [3.05, 3.63) is 74.9 Å². The van der Waals surface area contributed by atoms with Gasteiger partial charge >= 0.3 is 18.0 Å². The Hall–Kier alpha value is -4.32. The van der Waals surface area contributed by atoms with Gasteiger partial charge < -0.3 is 10.6 Å². The molecule has 1 aromatic carbocycles. The summed E-state index contributed by atoms with van der Waals surface area (Å²) in [5, 5.41) is 18.5. The van der Waals surface area contributed by atoms with Crippen LogP contribution in [0.3, 0.4) is 0 Å². The van der Waals surface area contributed by atoms with Crippen LogP contribution in [0.4, 0.5) is 36.4 Å². The van der Waals surface area contributed by atoms with Crippen LogP contribution < -0.4 is 10.6 Å². The molecule has 11 nitrogen and oxygen atoms in total. The largest absolute Gasteiger partial charge is 0.439 e. The van der Waals surface area contributed by atoms with Gasteiger partial charge in [-0.3, -0.25) is 9.59 Å². The van der Waals surface area contributed by atoms with Crippen LogP contribution in [-0.4, -0.2) is 64.7 Å². The molecule has 4 rings (SSSR count). The quantitative estimate of drug-likeness (QED) is 0.227. The zero-order chi connectivity index (χ0) is 34.4. The van der Waals surface area contributed by atoms with Gasteiger partial charge in [-0.2, -0.15) is 36.2 Å². The van der Waals surface area contributed by atoms with Gasteiger partial charge in [-0.1, -0.05) is 23.2 Å². The second-order valence-electron chi connectivity index (χ2n) is 10.8. The Kier molecular flexibility index (Phi) is 9.11. The molecule has 0 saturated carbocycles. The third-order valence-electron chi connectivity index (χ3n) is 6.05. The summed E-state index contributed by atoms with van der Waals surface area (Å²) in [5.74, 6) is -3.84. The third kappa shape index (κ3) is 6.91. The highest BCUT2D eigenvalue weighted by Gasteiger charge is 2.76. The monoisotopic (exact) mass is 695 g/mol. The Labute approximate surface area is 265 Å². The Balaban J connectivity index is 1.76. The van der Waals surface area contributed by atoms with Crippen LogP contribution >= 0.6 is 23.2 Å². The van der Waals surface area contributed by atoms with Gasteiger partial charge in [0.15, 0.2) is 5.82 Å². The Morgan fingerprint density at radius 1 is 0.935 bits per heavy atom. The minimum atomic E-state index is -6.45. The summed E-state index contributed by atoms with van der Waals surface area (Å²) in [5.41, 5.74) is -6.59. The number of anilines is 1. The number of halogens is 9. The number of tetrazole rings is 1. The van der Waals surface area contributed by atoms with E-state index in [-0.39, 0.29) is 43.3 Å². The second kappa shape index (κ2) is 12.1. The molecule has 3 aromatic heterocycles. The summed E-state index contributed by atoms with van der Waals surface area (Å²) < 4.78 is 94.3. The van der Waals surface area contributed by atoms with Crippen molar-refractivity contribution in [3.8, 4) is 5.82 Å². The number of aromatic nitrogens is 7. The molecule has 0 aliphatic heterocycles. The van der Waals surface area contributed by atoms with E-state index in [4.69, 9.17) is 23.2 Å². The average Bonchev–Trinajstić information content (AvgIpc) is 3.55. The fourth-order valence-corrected chi connectivity index (χ4v) is 4.52. The summed E-state index contributed by atoms with van der Waals surface area (Å²) in [6.07, 6.45) is -11.6. The highest BCUT2D eigenvalue weighted by molar-refractivity contribution is 6.32. The fraction of sp³-hybridized carbons (Fsp3) is 0.346. The molecular weight excluding hydrogens is 674 g/mol. The number of carbonyl (C=O) groups excluding carboxylic acids is 2. The molecule has 2 N–H and O–H groups in total. The summed E-state index contributed by atoms with van der Waals surface area (Å²) in [4.78, 5) is 31.1. The van der Waals surface area contributed by atoms with Crippen LogP contribution in [0.1, 0.15) is 58.7 Å². The van der Waals surface area contributed by atoms with Gasteiger partial charge in [-0.25, -0.2) is 14.1 Å². The molecule has 0 spiro atoms. The number of nitrogens with zero attached hydrogens (tertiary/aromatic N) is 7. The van der Waals surface area contributed by atoms with Crippen molar-refractivity contribution in [2.45, 2.75) is 57.8 Å². The van der Waals surface area contributed by atoms with Gasteiger partial charge in [0.05, 0.1) is 22.0 Å². The Morgan fingerprint density at radius 3 is 2.17 bits per heavy atom. The number of pyridine rings is 1. The minimum absolute atomic E-state index is 0.00199. The first-order chi connectivity index (χ1) is 21.1. The van der Waals surface area contributed by atoms with Gasteiger partial charge in [0.1, 0.15) is 12.2 Å². The summed E-state index contributed by atoms with van der Waals surface area (Å²) in [6, 6.07) is 6.79. The molecular formula is C26H22Cl2F7N9O2. The number of rotatable bonds is 7. The maximum absolute atomic E-state index is 14.4. The fourth-order valence-electron chi connectivity index (χ4n) is 4.04. The van der Waals surface area contributed by atoms with Gasteiger partial charge in [-0.15, -0.1) is 10.2 Å². The zero-order valence-electron chi connectivity index (χ0n) is 24.0. The van der Waals surface area contributed by atoms with Crippen molar-refractivity contribution >= 4 is 40.7 Å². The molecule has 3 heterocycles. The molecule has 0 radical (unpaired) electrons. The van der Waals surface area contributed by atoms with E-state index in [0.29, 0.717) is 5.56 Å². The van der Waals surface area contributed by atoms with Crippen molar-refractivity contribution < 1.29 is 40.3 Å². The highest BCUT2D eigenvalue weighted by atomic mass is 35.5. The molecule has 0 atom stereocenters. The maximum atomic E-state index is 14.4. The topological polar surface area (TPSA) is 133 Å². The van der Waals surface area contributed by atoms with E-state index in [9.17, 15) is 40.3 Å². The van der Waals surface area contributed by atoms with Crippen LogP contribution in [0.25, 0.3) is 5.82 Å². The molecule has 2 amide bonds. The number of benzene rings is 1. The first-order valence-electron chi connectivity index (χ1n) is 12.9. The number of nitrogens with one attached hydrogen (secondary N) is 2. The molecule has 246 valence electrons. The number of carbonyl (C=O) groups is 2. The molecule has 4 aromatic rings. The van der Waals surface area contributed by atoms with Crippen LogP contribution in [-0.2, 0) is 12.2 Å². The van der Waals surface area contributed by atoms with Crippen LogP contribution in [0, 0.1) is 6.92 Å². The molecule has 0 saturated heterocycles. The van der Waals surface area contributed by atoms with Crippen molar-refractivity contribution in [1.82, 2.24) is 40.3 Å². The van der Waals surface area contributed by atoms with Gasteiger partial charge in [-0.05, 0) is 68.8 Å². The summed E-state index contributed by atoms with van der Waals surface area (Å²) >= 11 is 12.4. The minimum Gasteiger partial charge on any atom is -0.347 e. The molecule has 0 fully saturated rings. The predicted molar refractivity (Wildman–Crippen MR) is 150 cm³/mol. The lowest BCUT2D eigenvalue weighted by Gasteiger charge is -2.26. The summed E-state index contributed by atoms with van der Waals surface area (Å²) in [6.45, 7) is 6.03. The molecule has 0 aliphatic carbocycles. The normalized spacial score (nSPS) is 12.7. The first-order valence-corrected chi connectivity index (χ1v) is 13.6. The van der Waals surface area contributed by atoms with E-state index >= 15 is 0 Å². The number of amides is 2. The van der Waals surface area contributed by atoms with E-state index in [0.717, 1.165) is 10.7 Å². The van der Waals surface area contributed by atoms with Crippen molar-refractivity contribution in [3.63, 3.8) is 0 Å². The Bertz CT molecular complexity index is 1780. The lowest BCUT2D eigenvalue weighted by Crippen LogP contribution is -2.51. The van der Waals surface area contributed by atoms with Crippen molar-refractivity contribution in [2.24, 2.45) is 0 Å². The van der Waals surface area contributed by atoms with E-state index < -0.39 is 47.7 Å². The standard InChI is InChI=1S/C26H22Cl2F7N9O2/c1-12-8-13(27)9-15(20(45)38-23(2,3)4)18(12)37-21(46)17-10-14(40-44(17)19-16(28)6-5-7-36-19)11-43-41-22(39-42-43)24(29,25(30,31)32)26(33,34)35/h5-10H,11H2,1-4H3,(H,37,46)(H,38,45). The van der Waals surface area contributed by atoms with Crippen molar-refractivity contribution in [1.29, 1.82) is 0 Å². The van der Waals surface area contributed by atoms with E-state index in [1.807, 2.05) is 0 Å². The number of hydrogen-bond acceptors (Lipinski definition) is 7. The van der Waals surface area contributed by atoms with E-state index in [1.165, 1.54) is 30.5 Å². The van der Waals surface area contributed by atoms with Crippen LogP contribution in [0.2, 0.25) is 10.0 Å². The third-order valence-corrected chi connectivity index (χ3v) is 6.56. The lowest BCUT2D eigenvalue weighted by atomic mass is 10.0. The van der Waals surface area contributed by atoms with E-state index in [2.05, 4.69) is 36.1 Å². The van der Waals surface area contributed by atoms with E-state index in [1.54, 1.807) is 27.7 Å². The maximum Gasteiger partial charge on any atom is 0.439 e. The Morgan fingerprint density at radius 2 is 1.59 bits per heavy atom. The molecule has 0 aliphatic rings. The molecule has 20 heteroatoms.